The second-order valence-electron chi connectivity index (χ2n) is 3.74. The lowest BCUT2D eigenvalue weighted by Gasteiger charge is -2.02. The molecule has 0 unspecified atom stereocenters. The topological polar surface area (TPSA) is 67.2 Å². The molecule has 1 aromatic carbocycles. The third-order valence-electron chi connectivity index (χ3n) is 2.37. The van der Waals surface area contributed by atoms with Gasteiger partial charge in [-0.3, -0.25) is 14.8 Å². The van der Waals surface area contributed by atoms with Crippen molar-refractivity contribution in [2.24, 2.45) is 5.10 Å². The number of amides is 1. The monoisotopic (exact) mass is 318 g/mol. The van der Waals surface area contributed by atoms with Crippen LogP contribution in [-0.2, 0) is 0 Å². The fourth-order valence-corrected chi connectivity index (χ4v) is 1.61. The Morgan fingerprint density at radius 3 is 2.63 bits per heavy atom. The molecule has 0 saturated heterocycles. The number of aromatic nitrogens is 2. The summed E-state index contributed by atoms with van der Waals surface area (Å²) in [7, 11) is 0. The Kier molecular flexibility index (Phi) is 4.35. The van der Waals surface area contributed by atoms with Crippen molar-refractivity contribution in [2.45, 2.75) is 6.92 Å². The number of hydrogen-bond acceptors (Lipinski definition) is 4. The highest BCUT2D eigenvalue weighted by Gasteiger charge is 2.04. The maximum absolute atomic E-state index is 11.8. The number of benzene rings is 1. The number of halogens is 1. The molecule has 2 aromatic rings. The second-order valence-corrected chi connectivity index (χ2v) is 4.65. The van der Waals surface area contributed by atoms with Gasteiger partial charge >= 0.3 is 0 Å². The van der Waals surface area contributed by atoms with Crippen molar-refractivity contribution in [2.75, 3.05) is 0 Å². The lowest BCUT2D eigenvalue weighted by molar-refractivity contribution is 0.0955. The first-order valence-corrected chi connectivity index (χ1v) is 6.32. The van der Waals surface area contributed by atoms with Gasteiger partial charge in [-0.1, -0.05) is 15.9 Å². The van der Waals surface area contributed by atoms with E-state index >= 15 is 0 Å². The molecule has 0 fully saturated rings. The molecule has 5 nitrogen and oxygen atoms in total. The van der Waals surface area contributed by atoms with E-state index < -0.39 is 0 Å². The van der Waals surface area contributed by atoms with Crippen LogP contribution < -0.4 is 5.43 Å². The van der Waals surface area contributed by atoms with Crippen LogP contribution >= 0.6 is 15.9 Å². The highest BCUT2D eigenvalue weighted by atomic mass is 79.9. The minimum atomic E-state index is -0.268. The molecule has 1 heterocycles. The van der Waals surface area contributed by atoms with E-state index in [9.17, 15) is 4.79 Å². The number of hydrogen-bond donors (Lipinski definition) is 1. The van der Waals surface area contributed by atoms with Gasteiger partial charge < -0.3 is 0 Å². The van der Waals surface area contributed by atoms with Crippen molar-refractivity contribution in [1.29, 1.82) is 0 Å². The maximum Gasteiger partial charge on any atom is 0.271 e. The highest BCUT2D eigenvalue weighted by Crippen LogP contribution is 2.10. The number of carbonyl (C=O) groups excluding carboxylic acids is 1. The van der Waals surface area contributed by atoms with Crippen LogP contribution in [0, 0.1) is 0 Å². The number of carbonyl (C=O) groups is 1. The molecule has 0 bridgehead atoms. The van der Waals surface area contributed by atoms with Crippen LogP contribution in [0.25, 0.3) is 0 Å². The predicted octanol–water partition coefficient (Wildman–Crippen LogP) is 2.39. The molecule has 0 aliphatic carbocycles. The number of nitrogens with one attached hydrogen (secondary N) is 1. The van der Waals surface area contributed by atoms with Gasteiger partial charge in [0.25, 0.3) is 5.91 Å². The van der Waals surface area contributed by atoms with Crippen LogP contribution in [0.2, 0.25) is 0 Å². The molecule has 6 heteroatoms. The molecule has 1 amide bonds. The average molecular weight is 319 g/mol. The summed E-state index contributed by atoms with van der Waals surface area (Å²) in [5.41, 5.74) is 4.24. The van der Waals surface area contributed by atoms with E-state index in [1.807, 2.05) is 0 Å². The smallest absolute Gasteiger partial charge is 0.267 e. The normalized spacial score (nSPS) is 11.2. The van der Waals surface area contributed by atoms with Crippen molar-refractivity contribution in [3.05, 3.63) is 58.6 Å². The van der Waals surface area contributed by atoms with E-state index in [4.69, 9.17) is 0 Å². The van der Waals surface area contributed by atoms with Crippen LogP contribution in [0.5, 0.6) is 0 Å². The minimum Gasteiger partial charge on any atom is -0.267 e. The van der Waals surface area contributed by atoms with Gasteiger partial charge in [0.2, 0.25) is 0 Å². The molecule has 0 aliphatic rings. The van der Waals surface area contributed by atoms with Gasteiger partial charge in [-0.15, -0.1) is 0 Å². The minimum absolute atomic E-state index is 0.268. The first kappa shape index (κ1) is 13.4. The van der Waals surface area contributed by atoms with Gasteiger partial charge in [0, 0.05) is 22.4 Å². The van der Waals surface area contributed by atoms with E-state index in [1.54, 1.807) is 49.8 Å². The van der Waals surface area contributed by atoms with Gasteiger partial charge in [-0.05, 0) is 31.2 Å². The van der Waals surface area contributed by atoms with Crippen LogP contribution in [-0.4, -0.2) is 21.6 Å². The number of rotatable bonds is 3. The molecule has 0 radical (unpaired) electrons. The van der Waals surface area contributed by atoms with Crippen LogP contribution in [0.15, 0.2) is 52.4 Å². The highest BCUT2D eigenvalue weighted by molar-refractivity contribution is 9.10. The second kappa shape index (κ2) is 6.19. The molecular weight excluding hydrogens is 308 g/mol. The molecule has 2 rings (SSSR count). The third-order valence-corrected chi connectivity index (χ3v) is 2.89. The van der Waals surface area contributed by atoms with Gasteiger partial charge in [0.1, 0.15) is 5.69 Å². The average Bonchev–Trinajstić information content (AvgIpc) is 2.46. The van der Waals surface area contributed by atoms with Crippen LogP contribution in [0.3, 0.4) is 0 Å². The zero-order chi connectivity index (χ0) is 13.7. The fourth-order valence-electron chi connectivity index (χ4n) is 1.34. The Morgan fingerprint density at radius 2 is 2.00 bits per heavy atom. The van der Waals surface area contributed by atoms with Gasteiger partial charge in [0.05, 0.1) is 11.9 Å². The van der Waals surface area contributed by atoms with Crippen molar-refractivity contribution in [3.63, 3.8) is 0 Å². The van der Waals surface area contributed by atoms with Gasteiger partial charge in [0.15, 0.2) is 0 Å². The van der Waals surface area contributed by atoms with Crippen molar-refractivity contribution in [1.82, 2.24) is 15.4 Å². The Labute approximate surface area is 118 Å². The van der Waals surface area contributed by atoms with Gasteiger partial charge in [-0.2, -0.15) is 5.10 Å². The standard InChI is InChI=1S/C13H11BrN4O/c1-9(12-8-15-6-7-16-12)17-18-13(19)10-2-4-11(14)5-3-10/h2-8H,1H3,(H,18,19)/b17-9-. The Balaban J connectivity index is 2.06. The molecular formula is C13H11BrN4O. The van der Waals surface area contributed by atoms with Crippen molar-refractivity contribution < 1.29 is 4.79 Å². The third kappa shape index (κ3) is 3.69. The van der Waals surface area contributed by atoms with E-state index in [0.717, 1.165) is 4.47 Å². The zero-order valence-electron chi connectivity index (χ0n) is 10.2. The number of hydrazone groups is 1. The summed E-state index contributed by atoms with van der Waals surface area (Å²) in [6, 6.07) is 7.03. The summed E-state index contributed by atoms with van der Waals surface area (Å²) in [6.45, 7) is 1.76. The molecule has 0 atom stereocenters. The van der Waals surface area contributed by atoms with Crippen LogP contribution in [0.4, 0.5) is 0 Å². The molecule has 0 saturated carbocycles. The maximum atomic E-state index is 11.8. The van der Waals surface area contributed by atoms with E-state index in [1.165, 1.54) is 0 Å². The summed E-state index contributed by atoms with van der Waals surface area (Å²) in [5.74, 6) is -0.268. The van der Waals surface area contributed by atoms with E-state index in [-0.39, 0.29) is 5.91 Å². The SMILES string of the molecule is C/C(=N/NC(=O)c1ccc(Br)cc1)c1cnccn1. The summed E-state index contributed by atoms with van der Waals surface area (Å²) < 4.78 is 0.920. The predicted molar refractivity (Wildman–Crippen MR) is 75.9 cm³/mol. The Bertz CT molecular complexity index is 596. The molecule has 19 heavy (non-hydrogen) atoms. The first-order valence-electron chi connectivity index (χ1n) is 5.53. The van der Waals surface area contributed by atoms with E-state index in [0.29, 0.717) is 17.0 Å². The molecule has 96 valence electrons. The summed E-state index contributed by atoms with van der Waals surface area (Å²) >= 11 is 3.31. The summed E-state index contributed by atoms with van der Waals surface area (Å²) in [4.78, 5) is 19.9. The quantitative estimate of drug-likeness (QED) is 0.698. The lowest BCUT2D eigenvalue weighted by atomic mass is 10.2. The lowest BCUT2D eigenvalue weighted by Crippen LogP contribution is -2.19. The fraction of sp³-hybridized carbons (Fsp3) is 0.0769. The largest absolute Gasteiger partial charge is 0.271 e. The molecule has 1 N–H and O–H groups in total. The van der Waals surface area contributed by atoms with E-state index in [2.05, 4.69) is 36.4 Å². The Morgan fingerprint density at radius 1 is 1.26 bits per heavy atom. The summed E-state index contributed by atoms with van der Waals surface area (Å²) in [6.07, 6.45) is 4.74. The number of nitrogens with zero attached hydrogens (tertiary/aromatic N) is 3. The summed E-state index contributed by atoms with van der Waals surface area (Å²) in [5, 5.41) is 4.00. The van der Waals surface area contributed by atoms with Crippen molar-refractivity contribution in [3.8, 4) is 0 Å². The van der Waals surface area contributed by atoms with Gasteiger partial charge in [-0.25, -0.2) is 5.43 Å². The van der Waals surface area contributed by atoms with Crippen LogP contribution in [0.1, 0.15) is 23.0 Å². The zero-order valence-corrected chi connectivity index (χ0v) is 11.8. The van der Waals surface area contributed by atoms with Crippen molar-refractivity contribution >= 4 is 27.5 Å². The Hall–Kier alpha value is -2.08. The molecule has 1 aromatic heterocycles. The molecule has 0 spiro atoms. The first-order chi connectivity index (χ1) is 9.16. The molecule has 0 aliphatic heterocycles.